The van der Waals surface area contributed by atoms with Crippen LogP contribution in [0.3, 0.4) is 0 Å². The highest BCUT2D eigenvalue weighted by atomic mass is 35.5. The van der Waals surface area contributed by atoms with Crippen molar-refractivity contribution >= 4 is 38.9 Å². The predicted octanol–water partition coefficient (Wildman–Crippen LogP) is 3.60. The molecule has 1 N–H and O–H groups in total. The van der Waals surface area contributed by atoms with Gasteiger partial charge in [-0.25, -0.2) is 4.98 Å². The van der Waals surface area contributed by atoms with Crippen molar-refractivity contribution in [2.24, 2.45) is 0 Å². The SMILES string of the molecule is CC(C)c1nc2sc(N3CCCC[C@@H]3C(=O)NCc3ccccc3)nn2c(=O)c1Cl. The van der Waals surface area contributed by atoms with Crippen LogP contribution in [0.4, 0.5) is 5.13 Å². The van der Waals surface area contributed by atoms with Crippen LogP contribution in [0.15, 0.2) is 35.1 Å². The van der Waals surface area contributed by atoms with E-state index in [1.807, 2.05) is 49.1 Å². The number of amides is 1. The lowest BCUT2D eigenvalue weighted by atomic mass is 10.0. The first-order valence-electron chi connectivity index (χ1n) is 10.1. The third-order valence-electron chi connectivity index (χ3n) is 5.28. The molecule has 0 aliphatic carbocycles. The fourth-order valence-corrected chi connectivity index (χ4v) is 4.98. The zero-order valence-corrected chi connectivity index (χ0v) is 18.5. The first-order valence-corrected chi connectivity index (χ1v) is 11.3. The molecule has 30 heavy (non-hydrogen) atoms. The average Bonchev–Trinajstić information content (AvgIpc) is 3.19. The summed E-state index contributed by atoms with van der Waals surface area (Å²) in [4.78, 5) is 32.7. The molecule has 158 valence electrons. The van der Waals surface area contributed by atoms with Gasteiger partial charge in [-0.2, -0.15) is 4.52 Å². The number of carbonyl (C=O) groups is 1. The average molecular weight is 446 g/mol. The molecule has 1 atom stereocenters. The number of nitrogens with one attached hydrogen (secondary N) is 1. The molecule has 0 spiro atoms. The Morgan fingerprint density at radius 2 is 2.07 bits per heavy atom. The number of benzene rings is 1. The van der Waals surface area contributed by atoms with Crippen LogP contribution in [-0.2, 0) is 11.3 Å². The topological polar surface area (TPSA) is 79.6 Å². The van der Waals surface area contributed by atoms with Gasteiger partial charge < -0.3 is 10.2 Å². The van der Waals surface area contributed by atoms with Crippen LogP contribution in [0.2, 0.25) is 5.02 Å². The van der Waals surface area contributed by atoms with Gasteiger partial charge in [0.1, 0.15) is 11.1 Å². The summed E-state index contributed by atoms with van der Waals surface area (Å²) in [5.41, 5.74) is 1.27. The molecule has 3 aromatic rings. The smallest absolute Gasteiger partial charge is 0.294 e. The summed E-state index contributed by atoms with van der Waals surface area (Å²) in [5.74, 6) is 0.00580. The number of nitrogens with zero attached hydrogens (tertiary/aromatic N) is 4. The Bertz CT molecular complexity index is 1110. The van der Waals surface area contributed by atoms with Crippen LogP contribution in [0, 0.1) is 0 Å². The molecule has 0 saturated carbocycles. The van der Waals surface area contributed by atoms with E-state index in [2.05, 4.69) is 15.4 Å². The van der Waals surface area contributed by atoms with Crippen LogP contribution in [0.5, 0.6) is 0 Å². The van der Waals surface area contributed by atoms with Crippen LogP contribution in [0.1, 0.15) is 50.3 Å². The van der Waals surface area contributed by atoms with Crippen molar-refractivity contribution < 1.29 is 4.79 Å². The molecule has 1 saturated heterocycles. The molecule has 1 fully saturated rings. The van der Waals surface area contributed by atoms with E-state index in [0.29, 0.717) is 28.9 Å². The molecule has 1 aromatic carbocycles. The third-order valence-corrected chi connectivity index (χ3v) is 6.58. The number of fused-ring (bicyclic) bond motifs is 1. The summed E-state index contributed by atoms with van der Waals surface area (Å²) in [5, 5.41) is 8.24. The second-order valence-corrected chi connectivity index (χ2v) is 9.07. The van der Waals surface area contributed by atoms with Gasteiger partial charge in [-0.05, 0) is 30.7 Å². The zero-order valence-electron chi connectivity index (χ0n) is 17.0. The molecule has 1 aliphatic heterocycles. The van der Waals surface area contributed by atoms with E-state index in [-0.39, 0.29) is 28.4 Å². The minimum absolute atomic E-state index is 0.0287. The Morgan fingerprint density at radius 3 is 2.80 bits per heavy atom. The number of carbonyl (C=O) groups excluding carboxylic acids is 1. The van der Waals surface area contributed by atoms with E-state index in [1.165, 1.54) is 15.9 Å². The molecule has 1 aliphatic rings. The summed E-state index contributed by atoms with van der Waals surface area (Å²) in [6, 6.07) is 9.52. The van der Waals surface area contributed by atoms with Crippen LogP contribution in [-0.4, -0.2) is 33.1 Å². The molecule has 2 aromatic heterocycles. The van der Waals surface area contributed by atoms with E-state index in [9.17, 15) is 9.59 Å². The third kappa shape index (κ3) is 4.06. The maximum Gasteiger partial charge on any atom is 0.294 e. The lowest BCUT2D eigenvalue weighted by molar-refractivity contribution is -0.123. The van der Waals surface area contributed by atoms with Crippen LogP contribution in [0.25, 0.3) is 4.96 Å². The molecular formula is C21H24ClN5O2S. The number of hydrogen-bond acceptors (Lipinski definition) is 6. The van der Waals surface area contributed by atoms with E-state index in [1.54, 1.807) is 0 Å². The highest BCUT2D eigenvalue weighted by Crippen LogP contribution is 2.30. The minimum Gasteiger partial charge on any atom is -0.350 e. The fourth-order valence-electron chi connectivity index (χ4n) is 3.67. The molecule has 3 heterocycles. The molecule has 0 bridgehead atoms. The van der Waals surface area contributed by atoms with Crippen molar-refractivity contribution in [2.45, 2.75) is 51.6 Å². The first kappa shape index (κ1) is 20.8. The van der Waals surface area contributed by atoms with Gasteiger partial charge in [-0.3, -0.25) is 9.59 Å². The number of rotatable bonds is 5. The van der Waals surface area contributed by atoms with Gasteiger partial charge in [0.2, 0.25) is 16.0 Å². The van der Waals surface area contributed by atoms with Crippen molar-refractivity contribution in [3.05, 3.63) is 57.0 Å². The number of anilines is 1. The molecular weight excluding hydrogens is 422 g/mol. The Labute approximate surface area is 183 Å². The molecule has 9 heteroatoms. The van der Waals surface area contributed by atoms with E-state index in [0.717, 1.165) is 24.8 Å². The van der Waals surface area contributed by atoms with Crippen molar-refractivity contribution in [2.75, 3.05) is 11.4 Å². The summed E-state index contributed by atoms with van der Waals surface area (Å²) < 4.78 is 1.25. The van der Waals surface area contributed by atoms with Crippen molar-refractivity contribution in [1.82, 2.24) is 19.9 Å². The van der Waals surface area contributed by atoms with Crippen molar-refractivity contribution in [1.29, 1.82) is 0 Å². The normalized spacial score (nSPS) is 16.9. The lowest BCUT2D eigenvalue weighted by Gasteiger charge is -2.34. The maximum atomic E-state index is 13.0. The van der Waals surface area contributed by atoms with E-state index < -0.39 is 0 Å². The Morgan fingerprint density at radius 1 is 1.30 bits per heavy atom. The van der Waals surface area contributed by atoms with Gasteiger partial charge in [0, 0.05) is 13.1 Å². The number of piperidine rings is 1. The van der Waals surface area contributed by atoms with Gasteiger partial charge in [-0.1, -0.05) is 67.1 Å². The summed E-state index contributed by atoms with van der Waals surface area (Å²) in [6.45, 7) is 5.09. The van der Waals surface area contributed by atoms with Crippen molar-refractivity contribution in [3.63, 3.8) is 0 Å². The highest BCUT2D eigenvalue weighted by molar-refractivity contribution is 7.20. The standard InChI is InChI=1S/C21H24ClN5O2S/c1-13(2)17-16(22)19(29)27-20(24-17)30-21(25-27)26-11-7-6-10-15(26)18(28)23-12-14-8-4-3-5-9-14/h3-5,8-9,13,15H,6-7,10-12H2,1-2H3,(H,23,28)/t15-/m1/s1. The quantitative estimate of drug-likeness (QED) is 0.649. The predicted molar refractivity (Wildman–Crippen MR) is 120 cm³/mol. The summed E-state index contributed by atoms with van der Waals surface area (Å²) in [7, 11) is 0. The Kier molecular flexibility index (Phi) is 6.06. The van der Waals surface area contributed by atoms with Crippen molar-refractivity contribution in [3.8, 4) is 0 Å². The number of hydrogen-bond donors (Lipinski definition) is 1. The number of halogens is 1. The Hall–Kier alpha value is -2.45. The van der Waals surface area contributed by atoms with Gasteiger partial charge in [0.25, 0.3) is 5.56 Å². The maximum absolute atomic E-state index is 13.0. The second kappa shape index (κ2) is 8.73. The van der Waals surface area contributed by atoms with Gasteiger partial charge in [0.05, 0.1) is 5.69 Å². The second-order valence-electron chi connectivity index (χ2n) is 7.76. The molecule has 0 unspecified atom stereocenters. The number of aromatic nitrogens is 3. The highest BCUT2D eigenvalue weighted by Gasteiger charge is 2.31. The monoisotopic (exact) mass is 445 g/mol. The minimum atomic E-state index is -0.366. The molecule has 7 nitrogen and oxygen atoms in total. The summed E-state index contributed by atoms with van der Waals surface area (Å²) in [6.07, 6.45) is 2.70. The lowest BCUT2D eigenvalue weighted by Crippen LogP contribution is -2.49. The molecule has 4 rings (SSSR count). The van der Waals surface area contributed by atoms with Gasteiger partial charge in [0.15, 0.2) is 0 Å². The van der Waals surface area contributed by atoms with Crippen LogP contribution >= 0.6 is 22.9 Å². The van der Waals surface area contributed by atoms with Gasteiger partial charge in [-0.15, -0.1) is 5.10 Å². The zero-order chi connectivity index (χ0) is 21.3. The molecule has 1 amide bonds. The molecule has 0 radical (unpaired) electrons. The fraction of sp³-hybridized carbons (Fsp3) is 0.429. The van der Waals surface area contributed by atoms with E-state index >= 15 is 0 Å². The van der Waals surface area contributed by atoms with Gasteiger partial charge >= 0.3 is 0 Å². The first-order chi connectivity index (χ1) is 14.5. The largest absolute Gasteiger partial charge is 0.350 e. The summed E-state index contributed by atoms with van der Waals surface area (Å²) >= 11 is 7.55. The van der Waals surface area contributed by atoms with Crippen LogP contribution < -0.4 is 15.8 Å². The Balaban J connectivity index is 1.60. The van der Waals surface area contributed by atoms with E-state index in [4.69, 9.17) is 11.6 Å².